The van der Waals surface area contributed by atoms with Crippen LogP contribution in [-0.4, -0.2) is 7.25 Å². The van der Waals surface area contributed by atoms with Gasteiger partial charge in [-0.3, -0.25) is 0 Å². The molecule has 0 amide bonds. The number of unbranched alkanes of at least 4 members (excludes halogenated alkanes) is 5. The van der Waals surface area contributed by atoms with Crippen molar-refractivity contribution in [3.05, 3.63) is 62.2 Å². The van der Waals surface area contributed by atoms with Gasteiger partial charge in [0.15, 0.2) is 0 Å². The van der Waals surface area contributed by atoms with Crippen LogP contribution >= 0.6 is 0 Å². The van der Waals surface area contributed by atoms with Crippen LogP contribution in [0.2, 0.25) is 0 Å². The molecule has 0 atom stereocenters. The Morgan fingerprint density at radius 2 is 1.08 bits per heavy atom. The van der Waals surface area contributed by atoms with E-state index in [-0.39, 0.29) is 16.8 Å². The maximum atomic E-state index is 9.75. The molecule has 0 N–H and O–H groups in total. The summed E-state index contributed by atoms with van der Waals surface area (Å²) in [4.78, 5) is 0. The Balaban J connectivity index is -0.000000286. The van der Waals surface area contributed by atoms with Crippen molar-refractivity contribution in [1.29, 1.82) is 0 Å². The van der Waals surface area contributed by atoms with E-state index in [1.807, 2.05) is 12.8 Å². The van der Waals surface area contributed by atoms with E-state index in [9.17, 15) is 17.3 Å². The van der Waals surface area contributed by atoms with Crippen molar-refractivity contribution in [3.8, 4) is 0 Å². The third-order valence-corrected chi connectivity index (χ3v) is 3.65. The molecule has 1 saturated carbocycles. The maximum Gasteiger partial charge on any atom is 3.00 e. The fraction of sp³-hybridized carbons (Fsp3) is 0.444. The molecule has 10 radical (unpaired) electrons. The molecule has 0 spiro atoms. The van der Waals surface area contributed by atoms with Crippen molar-refractivity contribution in [2.75, 3.05) is 0 Å². The maximum absolute atomic E-state index is 9.75. The predicted molar refractivity (Wildman–Crippen MR) is 92.2 cm³/mol. The Morgan fingerprint density at radius 1 is 0.792 bits per heavy atom. The molecular formula is C18H28BCoF4+2. The van der Waals surface area contributed by atoms with Gasteiger partial charge in [0.05, 0.1) is 0 Å². The van der Waals surface area contributed by atoms with Gasteiger partial charge in [0, 0.05) is 0 Å². The monoisotopic (exact) mass is 390 g/mol. The first-order chi connectivity index (χ1) is 10.5. The molecular weight excluding hydrogens is 362 g/mol. The van der Waals surface area contributed by atoms with Crippen LogP contribution in [0.15, 0.2) is 0 Å². The molecule has 0 heterocycles. The van der Waals surface area contributed by atoms with Crippen molar-refractivity contribution >= 4 is 7.25 Å². The molecule has 0 nitrogen and oxygen atoms in total. The molecule has 0 aromatic carbocycles. The molecule has 24 heavy (non-hydrogen) atoms. The first-order valence-electron chi connectivity index (χ1n) is 7.65. The van der Waals surface area contributed by atoms with Gasteiger partial charge < -0.3 is 17.3 Å². The minimum absolute atomic E-state index is 0. The van der Waals surface area contributed by atoms with Crippen molar-refractivity contribution in [2.24, 2.45) is 0 Å². The van der Waals surface area contributed by atoms with Crippen LogP contribution in [0, 0.1) is 62.2 Å². The second-order valence-corrected chi connectivity index (χ2v) is 5.26. The molecule has 1 aliphatic carbocycles. The van der Waals surface area contributed by atoms with E-state index in [1.54, 1.807) is 6.42 Å². The van der Waals surface area contributed by atoms with E-state index in [1.165, 1.54) is 42.4 Å². The van der Waals surface area contributed by atoms with Gasteiger partial charge in [-0.15, -0.1) is 0 Å². The molecule has 1 rings (SSSR count). The molecule has 0 aromatic rings. The van der Waals surface area contributed by atoms with Gasteiger partial charge in [0.25, 0.3) is 0 Å². The SMILES string of the molecule is C[C]1[C](C)[C](C)[C](C)[C]1C.F[B-](F)(F)F.[CH2][CH][CH][CH][CH]CCC.[Co+3]. The summed E-state index contributed by atoms with van der Waals surface area (Å²) in [7, 11) is -6.00. The number of hydrogen-bond acceptors (Lipinski definition) is 0. The normalized spacial score (nSPS) is 17.6. The molecule has 138 valence electrons. The van der Waals surface area contributed by atoms with Gasteiger partial charge in [0.1, 0.15) is 0 Å². The standard InChI is InChI=1S/C10H15.C8H13.BF4.Co/c1-6-7(2)9(4)10(5)8(6)3;1-3-5-7-8-6-4-2;2-1(3,4)5;/h1-5H3;3,5,7-8H,1,4,6H2,2H3;;/q;;-1;+3. The van der Waals surface area contributed by atoms with Crippen LogP contribution < -0.4 is 0 Å². The fourth-order valence-corrected chi connectivity index (χ4v) is 1.83. The zero-order valence-electron chi connectivity index (χ0n) is 15.4. The number of hydrogen-bond donors (Lipinski definition) is 0. The Kier molecular flexibility index (Phi) is 18.8. The number of halogens is 4. The average molecular weight is 390 g/mol. The predicted octanol–water partition coefficient (Wildman–Crippen LogP) is 6.71. The van der Waals surface area contributed by atoms with Crippen LogP contribution in [0.25, 0.3) is 0 Å². The Hall–Kier alpha value is 0.291. The van der Waals surface area contributed by atoms with Gasteiger partial charge >= 0.3 is 24.0 Å². The quantitative estimate of drug-likeness (QED) is 0.278. The second kappa shape index (κ2) is 15.5. The third kappa shape index (κ3) is 15.8. The summed E-state index contributed by atoms with van der Waals surface area (Å²) in [6, 6.07) is 0. The summed E-state index contributed by atoms with van der Waals surface area (Å²) in [5.41, 5.74) is 0. The van der Waals surface area contributed by atoms with Crippen LogP contribution in [0.5, 0.6) is 0 Å². The van der Waals surface area contributed by atoms with Crippen LogP contribution in [0.3, 0.4) is 0 Å². The molecule has 0 aliphatic heterocycles. The summed E-state index contributed by atoms with van der Waals surface area (Å²) < 4.78 is 39.0. The van der Waals surface area contributed by atoms with Gasteiger partial charge in [-0.2, -0.15) is 0 Å². The van der Waals surface area contributed by atoms with E-state index in [2.05, 4.69) is 54.9 Å². The minimum atomic E-state index is -6.00. The van der Waals surface area contributed by atoms with Crippen molar-refractivity contribution in [3.63, 3.8) is 0 Å². The van der Waals surface area contributed by atoms with Crippen LogP contribution in [-0.2, 0) is 16.8 Å². The van der Waals surface area contributed by atoms with Crippen molar-refractivity contribution < 1.29 is 34.0 Å². The number of rotatable bonds is 5. The molecule has 0 unspecified atom stereocenters. The summed E-state index contributed by atoms with van der Waals surface area (Å²) in [6.07, 6.45) is 10.3. The van der Waals surface area contributed by atoms with Gasteiger partial charge in [0.2, 0.25) is 0 Å². The molecule has 1 fully saturated rings. The Morgan fingerprint density at radius 3 is 1.29 bits per heavy atom. The van der Waals surface area contributed by atoms with E-state index in [0.717, 1.165) is 0 Å². The zero-order valence-corrected chi connectivity index (χ0v) is 16.4. The zero-order chi connectivity index (χ0) is 18.6. The molecule has 0 bridgehead atoms. The summed E-state index contributed by atoms with van der Waals surface area (Å²) in [5.74, 6) is 7.34. The average Bonchev–Trinajstić information content (AvgIpc) is 2.61. The Bertz CT molecular complexity index is 217. The van der Waals surface area contributed by atoms with E-state index in [0.29, 0.717) is 0 Å². The van der Waals surface area contributed by atoms with Crippen molar-refractivity contribution in [2.45, 2.75) is 54.4 Å². The van der Waals surface area contributed by atoms with Crippen molar-refractivity contribution in [1.82, 2.24) is 0 Å². The van der Waals surface area contributed by atoms with E-state index >= 15 is 0 Å². The van der Waals surface area contributed by atoms with Crippen LogP contribution in [0.4, 0.5) is 17.3 Å². The molecule has 0 aromatic heterocycles. The van der Waals surface area contributed by atoms with Gasteiger partial charge in [-0.25, -0.2) is 0 Å². The van der Waals surface area contributed by atoms with Crippen LogP contribution in [0.1, 0.15) is 54.4 Å². The molecule has 1 aliphatic rings. The summed E-state index contributed by atoms with van der Waals surface area (Å²) in [5, 5.41) is 0. The first kappa shape index (κ1) is 29.1. The van der Waals surface area contributed by atoms with Gasteiger partial charge in [-0.05, 0) is 62.2 Å². The van der Waals surface area contributed by atoms with E-state index < -0.39 is 7.25 Å². The largest absolute Gasteiger partial charge is 3.00 e. The smallest absolute Gasteiger partial charge is 0.418 e. The second-order valence-electron chi connectivity index (χ2n) is 5.26. The Labute approximate surface area is 158 Å². The summed E-state index contributed by atoms with van der Waals surface area (Å²) in [6.45, 7) is 16.7. The first-order valence-corrected chi connectivity index (χ1v) is 7.65. The topological polar surface area (TPSA) is 0 Å². The van der Waals surface area contributed by atoms with E-state index in [4.69, 9.17) is 0 Å². The fourth-order valence-electron chi connectivity index (χ4n) is 1.83. The molecule has 6 heteroatoms. The summed E-state index contributed by atoms with van der Waals surface area (Å²) >= 11 is 0. The minimum Gasteiger partial charge on any atom is -0.418 e. The molecule has 0 saturated heterocycles. The third-order valence-electron chi connectivity index (χ3n) is 3.65. The van der Waals surface area contributed by atoms with Gasteiger partial charge in [-0.1, -0.05) is 54.4 Å².